The zero-order valence-electron chi connectivity index (χ0n) is 22.6. The first-order valence-electron chi connectivity index (χ1n) is 13.0. The Kier molecular flexibility index (Phi) is 9.33. The van der Waals surface area contributed by atoms with Gasteiger partial charge < -0.3 is 15.2 Å². The van der Waals surface area contributed by atoms with Gasteiger partial charge in [-0.1, -0.05) is 66.7 Å². The lowest BCUT2D eigenvalue weighted by Gasteiger charge is -2.16. The first-order chi connectivity index (χ1) is 18.9. The van der Waals surface area contributed by atoms with Crippen molar-refractivity contribution >= 4 is 41.0 Å². The number of carbonyl (C=O) groups excluding carboxylic acids is 2. The maximum atomic E-state index is 13.1. The summed E-state index contributed by atoms with van der Waals surface area (Å²) >= 11 is 1.42. The molecule has 0 saturated heterocycles. The van der Waals surface area contributed by atoms with Gasteiger partial charge >= 0.3 is 0 Å². The van der Waals surface area contributed by atoms with Crippen LogP contribution >= 0.6 is 11.8 Å². The molecule has 0 radical (unpaired) electrons. The molecule has 0 spiro atoms. The molecule has 0 aliphatic heterocycles. The number of thioether (sulfide) groups is 1. The molecule has 1 heterocycles. The van der Waals surface area contributed by atoms with E-state index >= 15 is 0 Å². The monoisotopic (exact) mass is 539 g/mol. The SMILES string of the molecule is CCC(Sc1nnc(-c2ccc(NC(=O)C=Cc3ccccc3)cc2)n1CC)C(=O)Nc1ccc(C)cc1C. The van der Waals surface area contributed by atoms with E-state index < -0.39 is 0 Å². The molecule has 3 aromatic carbocycles. The maximum Gasteiger partial charge on any atom is 0.248 e. The van der Waals surface area contributed by atoms with Crippen molar-refractivity contribution in [1.29, 1.82) is 0 Å². The normalized spacial score (nSPS) is 11.9. The van der Waals surface area contributed by atoms with Gasteiger partial charge in [-0.25, -0.2) is 0 Å². The third kappa shape index (κ3) is 7.23. The lowest BCUT2D eigenvalue weighted by Crippen LogP contribution is -2.25. The van der Waals surface area contributed by atoms with Crippen LogP contribution in [0, 0.1) is 13.8 Å². The summed E-state index contributed by atoms with van der Waals surface area (Å²) in [5.41, 5.74) is 5.54. The van der Waals surface area contributed by atoms with E-state index in [-0.39, 0.29) is 17.1 Å². The first kappa shape index (κ1) is 27.9. The van der Waals surface area contributed by atoms with Gasteiger partial charge in [-0.15, -0.1) is 10.2 Å². The minimum absolute atomic E-state index is 0.0527. The highest BCUT2D eigenvalue weighted by Gasteiger charge is 2.23. The molecule has 1 unspecified atom stereocenters. The Hall–Kier alpha value is -4.17. The number of aryl methyl sites for hydroxylation is 2. The number of rotatable bonds is 10. The summed E-state index contributed by atoms with van der Waals surface area (Å²) in [5.74, 6) is 0.460. The fraction of sp³-hybridized carbons (Fsp3) is 0.226. The third-order valence-electron chi connectivity index (χ3n) is 6.22. The molecule has 4 aromatic rings. The van der Waals surface area contributed by atoms with Gasteiger partial charge in [0.15, 0.2) is 11.0 Å². The second-order valence-corrected chi connectivity index (χ2v) is 10.4. The van der Waals surface area contributed by atoms with E-state index in [9.17, 15) is 9.59 Å². The Morgan fingerprint density at radius 2 is 1.69 bits per heavy atom. The highest BCUT2D eigenvalue weighted by molar-refractivity contribution is 8.00. The van der Waals surface area contributed by atoms with Crippen molar-refractivity contribution in [2.75, 3.05) is 10.6 Å². The Labute approximate surface area is 233 Å². The van der Waals surface area contributed by atoms with Gasteiger partial charge in [0.1, 0.15) is 0 Å². The van der Waals surface area contributed by atoms with Gasteiger partial charge in [-0.05, 0) is 74.7 Å². The van der Waals surface area contributed by atoms with E-state index in [1.165, 1.54) is 17.8 Å². The van der Waals surface area contributed by atoms with Crippen molar-refractivity contribution in [3.05, 3.63) is 95.6 Å². The highest BCUT2D eigenvalue weighted by atomic mass is 32.2. The van der Waals surface area contributed by atoms with Crippen LogP contribution in [0.15, 0.2) is 84.0 Å². The van der Waals surface area contributed by atoms with Crippen molar-refractivity contribution in [2.24, 2.45) is 0 Å². The molecule has 2 N–H and O–H groups in total. The van der Waals surface area contributed by atoms with Crippen LogP contribution in [0.25, 0.3) is 17.5 Å². The quantitative estimate of drug-likeness (QED) is 0.172. The van der Waals surface area contributed by atoms with Crippen LogP contribution in [-0.2, 0) is 16.1 Å². The number of amides is 2. The lowest BCUT2D eigenvalue weighted by atomic mass is 10.1. The second kappa shape index (κ2) is 13.1. The molecule has 1 atom stereocenters. The standard InChI is InChI=1S/C31H33N5O2S/c1-5-27(30(38)33-26-18-12-21(3)20-22(26)4)39-31-35-34-29(36(31)6-2)24-14-16-25(17-15-24)32-28(37)19-13-23-10-8-7-9-11-23/h7-20,27H,5-6H2,1-4H3,(H,32,37)(H,33,38). The van der Waals surface area contributed by atoms with Crippen LogP contribution in [0.5, 0.6) is 0 Å². The van der Waals surface area contributed by atoms with Crippen LogP contribution in [0.4, 0.5) is 11.4 Å². The van der Waals surface area contributed by atoms with E-state index in [1.807, 2.05) is 99.0 Å². The Morgan fingerprint density at radius 1 is 0.949 bits per heavy atom. The van der Waals surface area contributed by atoms with Gasteiger partial charge in [0.05, 0.1) is 5.25 Å². The van der Waals surface area contributed by atoms with Crippen LogP contribution < -0.4 is 10.6 Å². The largest absolute Gasteiger partial charge is 0.325 e. The number of nitrogens with one attached hydrogen (secondary N) is 2. The molecule has 0 saturated carbocycles. The summed E-state index contributed by atoms with van der Waals surface area (Å²) in [6.07, 6.45) is 3.94. The average molecular weight is 540 g/mol. The van der Waals surface area contributed by atoms with Gasteiger partial charge in [-0.2, -0.15) is 0 Å². The first-order valence-corrected chi connectivity index (χ1v) is 13.9. The summed E-state index contributed by atoms with van der Waals surface area (Å²) < 4.78 is 2.01. The molecular formula is C31H33N5O2S. The highest BCUT2D eigenvalue weighted by Crippen LogP contribution is 2.30. The van der Waals surface area contributed by atoms with Gasteiger partial charge in [0, 0.05) is 29.6 Å². The molecule has 200 valence electrons. The minimum Gasteiger partial charge on any atom is -0.325 e. The fourth-order valence-corrected chi connectivity index (χ4v) is 5.13. The van der Waals surface area contributed by atoms with Gasteiger partial charge in [0.25, 0.3) is 0 Å². The van der Waals surface area contributed by atoms with Crippen LogP contribution in [0.2, 0.25) is 0 Å². The zero-order chi connectivity index (χ0) is 27.8. The van der Waals surface area contributed by atoms with E-state index in [1.54, 1.807) is 6.08 Å². The molecule has 0 fully saturated rings. The Bertz CT molecular complexity index is 1460. The lowest BCUT2D eigenvalue weighted by molar-refractivity contribution is -0.115. The van der Waals surface area contributed by atoms with Crippen LogP contribution in [0.3, 0.4) is 0 Å². The topological polar surface area (TPSA) is 88.9 Å². The molecule has 0 bridgehead atoms. The smallest absolute Gasteiger partial charge is 0.248 e. The number of hydrogen-bond acceptors (Lipinski definition) is 5. The molecule has 2 amide bonds. The summed E-state index contributed by atoms with van der Waals surface area (Å²) in [4.78, 5) is 25.4. The zero-order valence-corrected chi connectivity index (χ0v) is 23.5. The predicted molar refractivity (Wildman–Crippen MR) is 160 cm³/mol. The van der Waals surface area contributed by atoms with E-state index in [4.69, 9.17) is 0 Å². The van der Waals surface area contributed by atoms with Gasteiger partial charge in [0.2, 0.25) is 11.8 Å². The van der Waals surface area contributed by atoms with Gasteiger partial charge in [-0.3, -0.25) is 9.59 Å². The van der Waals surface area contributed by atoms with E-state index in [2.05, 4.69) is 26.9 Å². The number of aromatic nitrogens is 3. The number of carbonyl (C=O) groups is 2. The third-order valence-corrected chi connectivity index (χ3v) is 7.57. The summed E-state index contributed by atoms with van der Waals surface area (Å²) in [5, 5.41) is 15.2. The Morgan fingerprint density at radius 3 is 2.36 bits per heavy atom. The van der Waals surface area contributed by atoms with Crippen molar-refractivity contribution in [2.45, 2.75) is 51.1 Å². The fourth-order valence-electron chi connectivity index (χ4n) is 4.11. The maximum absolute atomic E-state index is 13.1. The number of benzene rings is 3. The second-order valence-electron chi connectivity index (χ2n) is 9.18. The van der Waals surface area contributed by atoms with Crippen molar-refractivity contribution in [1.82, 2.24) is 14.8 Å². The summed E-state index contributed by atoms with van der Waals surface area (Å²) in [7, 11) is 0. The van der Waals surface area contributed by atoms with Crippen molar-refractivity contribution in [3.8, 4) is 11.4 Å². The predicted octanol–water partition coefficient (Wildman–Crippen LogP) is 6.74. The molecule has 8 heteroatoms. The van der Waals surface area contributed by atoms with Crippen LogP contribution in [0.1, 0.15) is 37.0 Å². The molecule has 0 aliphatic rings. The average Bonchev–Trinajstić information content (AvgIpc) is 3.35. The number of anilines is 2. The van der Waals surface area contributed by atoms with E-state index in [0.29, 0.717) is 29.6 Å². The summed E-state index contributed by atoms with van der Waals surface area (Å²) in [6, 6.07) is 23.2. The Balaban J connectivity index is 1.43. The molecule has 0 aliphatic carbocycles. The number of nitrogens with zero attached hydrogens (tertiary/aromatic N) is 3. The van der Waals surface area contributed by atoms with Crippen LogP contribution in [-0.4, -0.2) is 31.8 Å². The minimum atomic E-state index is -0.311. The molecule has 4 rings (SSSR count). The van der Waals surface area contributed by atoms with Crippen molar-refractivity contribution in [3.63, 3.8) is 0 Å². The number of hydrogen-bond donors (Lipinski definition) is 2. The molecular weight excluding hydrogens is 506 g/mol. The summed E-state index contributed by atoms with van der Waals surface area (Å²) in [6.45, 7) is 8.71. The van der Waals surface area contributed by atoms with Crippen molar-refractivity contribution < 1.29 is 9.59 Å². The molecule has 1 aromatic heterocycles. The molecule has 39 heavy (non-hydrogen) atoms. The molecule has 7 nitrogen and oxygen atoms in total. The van der Waals surface area contributed by atoms with E-state index in [0.717, 1.165) is 27.9 Å².